The number of nitrogens with zero attached hydrogens (tertiary/aromatic N) is 1. The van der Waals surface area contributed by atoms with Crippen LogP contribution < -0.4 is 5.32 Å². The molecule has 0 saturated carbocycles. The third-order valence-electron chi connectivity index (χ3n) is 4.64. The molecule has 3 aromatic carbocycles. The number of hydrogen-bond donors (Lipinski definition) is 1. The topological polar surface area (TPSA) is 49.4 Å². The average molecular weight is 342 g/mol. The molecule has 26 heavy (non-hydrogen) atoms. The zero-order chi connectivity index (χ0) is 18.1. The Kier molecular flexibility index (Phi) is 4.01. The van der Waals surface area contributed by atoms with Gasteiger partial charge in [-0.25, -0.2) is 0 Å². The molecule has 1 aliphatic heterocycles. The third-order valence-corrected chi connectivity index (χ3v) is 4.64. The Morgan fingerprint density at radius 2 is 1.85 bits per heavy atom. The number of anilines is 1. The van der Waals surface area contributed by atoms with Crippen molar-refractivity contribution >= 4 is 28.3 Å². The lowest BCUT2D eigenvalue weighted by atomic mass is 10.0. The Morgan fingerprint density at radius 3 is 2.69 bits per heavy atom. The van der Waals surface area contributed by atoms with Crippen molar-refractivity contribution in [2.45, 2.75) is 6.54 Å². The van der Waals surface area contributed by atoms with Crippen LogP contribution in [0.1, 0.15) is 26.3 Å². The summed E-state index contributed by atoms with van der Waals surface area (Å²) in [7, 11) is 0. The number of benzene rings is 3. The molecule has 0 aromatic heterocycles. The number of nitrogens with one attached hydrogen (secondary N) is 1. The molecule has 0 unspecified atom stereocenters. The highest BCUT2D eigenvalue weighted by Crippen LogP contribution is 2.30. The van der Waals surface area contributed by atoms with Crippen LogP contribution in [0.2, 0.25) is 0 Å². The zero-order valence-corrected chi connectivity index (χ0v) is 14.2. The van der Waals surface area contributed by atoms with Gasteiger partial charge in [-0.15, -0.1) is 6.58 Å². The van der Waals surface area contributed by atoms with Gasteiger partial charge in [0.25, 0.3) is 11.8 Å². The van der Waals surface area contributed by atoms with Crippen molar-refractivity contribution in [3.05, 3.63) is 90.0 Å². The highest BCUT2D eigenvalue weighted by atomic mass is 16.2. The summed E-state index contributed by atoms with van der Waals surface area (Å²) in [5.74, 6) is -0.293. The van der Waals surface area contributed by atoms with Gasteiger partial charge in [0.05, 0.1) is 11.3 Å². The Hall–Kier alpha value is -3.40. The van der Waals surface area contributed by atoms with E-state index in [9.17, 15) is 9.59 Å². The van der Waals surface area contributed by atoms with Crippen LogP contribution in [0.4, 0.5) is 5.69 Å². The van der Waals surface area contributed by atoms with Crippen molar-refractivity contribution < 1.29 is 9.59 Å². The summed E-state index contributed by atoms with van der Waals surface area (Å²) in [6.45, 7) is 4.73. The molecule has 1 N–H and O–H groups in total. The van der Waals surface area contributed by atoms with E-state index < -0.39 is 0 Å². The van der Waals surface area contributed by atoms with Gasteiger partial charge in [0.15, 0.2) is 0 Å². The number of carbonyl (C=O) groups excluding carboxylic acids is 2. The van der Waals surface area contributed by atoms with Crippen molar-refractivity contribution in [3.8, 4) is 0 Å². The molecule has 0 saturated heterocycles. The monoisotopic (exact) mass is 342 g/mol. The molecule has 0 spiro atoms. The van der Waals surface area contributed by atoms with Crippen LogP contribution in [-0.2, 0) is 6.54 Å². The molecule has 1 aliphatic rings. The summed E-state index contributed by atoms with van der Waals surface area (Å²) in [6.07, 6.45) is 1.71. The highest BCUT2D eigenvalue weighted by molar-refractivity contribution is 6.15. The van der Waals surface area contributed by atoms with Gasteiger partial charge in [0, 0.05) is 18.7 Å². The van der Waals surface area contributed by atoms with Crippen LogP contribution in [0.5, 0.6) is 0 Å². The van der Waals surface area contributed by atoms with E-state index in [1.807, 2.05) is 48.5 Å². The number of rotatable bonds is 4. The molecule has 0 radical (unpaired) electrons. The molecule has 0 atom stereocenters. The summed E-state index contributed by atoms with van der Waals surface area (Å²) >= 11 is 0. The fraction of sp³-hybridized carbons (Fsp3) is 0.0909. The van der Waals surface area contributed by atoms with Crippen LogP contribution in [0.15, 0.2) is 73.3 Å². The van der Waals surface area contributed by atoms with Crippen molar-refractivity contribution in [1.82, 2.24) is 4.90 Å². The summed E-state index contributed by atoms with van der Waals surface area (Å²) in [5.41, 5.74) is 2.64. The second-order valence-corrected chi connectivity index (χ2v) is 6.29. The second-order valence-electron chi connectivity index (χ2n) is 6.29. The SMILES string of the molecule is C=CCN1Cc2cccc(NC(=O)c3cccc4ccccc34)c2C1=O. The van der Waals surface area contributed by atoms with Crippen LogP contribution in [0.25, 0.3) is 10.8 Å². The first kappa shape index (κ1) is 16.1. The largest absolute Gasteiger partial charge is 0.331 e. The van der Waals surface area contributed by atoms with Crippen LogP contribution >= 0.6 is 0 Å². The van der Waals surface area contributed by atoms with E-state index in [0.717, 1.165) is 16.3 Å². The number of amides is 2. The quantitative estimate of drug-likeness (QED) is 0.721. The first-order valence-electron chi connectivity index (χ1n) is 8.50. The van der Waals surface area contributed by atoms with Crippen LogP contribution in [0, 0.1) is 0 Å². The lowest BCUT2D eigenvalue weighted by Gasteiger charge is -2.13. The minimum atomic E-state index is -0.217. The predicted molar refractivity (Wildman–Crippen MR) is 103 cm³/mol. The molecule has 4 rings (SSSR count). The smallest absolute Gasteiger partial charge is 0.256 e. The van der Waals surface area contributed by atoms with Crippen molar-refractivity contribution in [3.63, 3.8) is 0 Å². The maximum Gasteiger partial charge on any atom is 0.256 e. The summed E-state index contributed by atoms with van der Waals surface area (Å²) in [6, 6.07) is 19.0. The lowest BCUT2D eigenvalue weighted by Crippen LogP contribution is -2.24. The fourth-order valence-corrected chi connectivity index (χ4v) is 3.44. The Bertz CT molecular complexity index is 1030. The molecule has 1 heterocycles. The second kappa shape index (κ2) is 6.48. The number of hydrogen-bond acceptors (Lipinski definition) is 2. The molecule has 0 aliphatic carbocycles. The Labute approximate surface area is 151 Å². The van der Waals surface area contributed by atoms with Crippen molar-refractivity contribution in [2.75, 3.05) is 11.9 Å². The van der Waals surface area contributed by atoms with Crippen molar-refractivity contribution in [2.24, 2.45) is 0 Å². The first-order valence-corrected chi connectivity index (χ1v) is 8.50. The van der Waals surface area contributed by atoms with Crippen LogP contribution in [0.3, 0.4) is 0 Å². The predicted octanol–water partition coefficient (Wildman–Crippen LogP) is 4.23. The van der Waals surface area contributed by atoms with Gasteiger partial charge in [0.1, 0.15) is 0 Å². The molecule has 0 bridgehead atoms. The molecule has 4 nitrogen and oxygen atoms in total. The van der Waals surface area contributed by atoms with E-state index in [0.29, 0.717) is 29.9 Å². The van der Waals surface area contributed by atoms with Gasteiger partial charge in [-0.1, -0.05) is 54.6 Å². The molecule has 4 heteroatoms. The lowest BCUT2D eigenvalue weighted by molar-refractivity contribution is 0.0797. The van der Waals surface area contributed by atoms with E-state index in [-0.39, 0.29) is 11.8 Å². The summed E-state index contributed by atoms with van der Waals surface area (Å²) < 4.78 is 0. The highest BCUT2D eigenvalue weighted by Gasteiger charge is 2.29. The third kappa shape index (κ3) is 2.65. The van der Waals surface area contributed by atoms with Gasteiger partial charge in [-0.2, -0.15) is 0 Å². The minimum absolute atomic E-state index is 0.0753. The van der Waals surface area contributed by atoms with Gasteiger partial charge >= 0.3 is 0 Å². The molecule has 0 fully saturated rings. The summed E-state index contributed by atoms with van der Waals surface area (Å²) in [5, 5.41) is 4.83. The molecular formula is C22H18N2O2. The standard InChI is InChI=1S/C22H18N2O2/c1-2-13-24-14-16-9-6-12-19(20(16)22(24)26)23-21(25)18-11-5-8-15-7-3-4-10-17(15)18/h2-12H,1,13-14H2,(H,23,25). The number of carbonyl (C=O) groups is 2. The van der Waals surface area contributed by atoms with Gasteiger partial charge in [0.2, 0.25) is 0 Å². The van der Waals surface area contributed by atoms with Gasteiger partial charge in [-0.05, 0) is 28.5 Å². The number of fused-ring (bicyclic) bond motifs is 2. The van der Waals surface area contributed by atoms with E-state index >= 15 is 0 Å². The van der Waals surface area contributed by atoms with E-state index in [1.54, 1.807) is 23.1 Å². The normalized spacial score (nSPS) is 12.9. The average Bonchev–Trinajstić information content (AvgIpc) is 2.98. The van der Waals surface area contributed by atoms with E-state index in [2.05, 4.69) is 11.9 Å². The molecular weight excluding hydrogens is 324 g/mol. The maximum absolute atomic E-state index is 12.9. The first-order chi connectivity index (χ1) is 12.7. The van der Waals surface area contributed by atoms with Crippen molar-refractivity contribution in [1.29, 1.82) is 0 Å². The zero-order valence-electron chi connectivity index (χ0n) is 14.2. The molecule has 2 amide bonds. The summed E-state index contributed by atoms with van der Waals surface area (Å²) in [4.78, 5) is 27.3. The molecule has 128 valence electrons. The maximum atomic E-state index is 12.9. The molecule has 3 aromatic rings. The van der Waals surface area contributed by atoms with Crippen LogP contribution in [-0.4, -0.2) is 23.3 Å². The fourth-order valence-electron chi connectivity index (χ4n) is 3.44. The Morgan fingerprint density at radius 1 is 1.08 bits per heavy atom. The van der Waals surface area contributed by atoms with Gasteiger partial charge in [-0.3, -0.25) is 9.59 Å². The van der Waals surface area contributed by atoms with E-state index in [4.69, 9.17) is 0 Å². The van der Waals surface area contributed by atoms with E-state index in [1.165, 1.54) is 0 Å². The van der Waals surface area contributed by atoms with Gasteiger partial charge < -0.3 is 10.2 Å². The Balaban J connectivity index is 1.69. The minimum Gasteiger partial charge on any atom is -0.331 e.